The third-order valence-corrected chi connectivity index (χ3v) is 4.97. The number of rotatable bonds is 5. The maximum absolute atomic E-state index is 13.0. The standard InChI is InChI=1S/C20H21NO6/c1-11-5-7-14(26-11)17-16(18(22)15-8-6-12(2)27-15)19(23)20(24)21(17)10-13-4-3-9-25-13/h5-8,13,17,23H,3-4,9-10H2,1-2H3. The number of aryl methyl sites for hydroxylation is 2. The number of carbonyl (C=O) groups excluding carboxylic acids is 2. The molecule has 2 atom stereocenters. The van der Waals surface area contributed by atoms with Crippen LogP contribution in [0.1, 0.15) is 46.7 Å². The first-order chi connectivity index (χ1) is 13.0. The summed E-state index contributed by atoms with van der Waals surface area (Å²) in [6.45, 7) is 4.43. The average Bonchev–Trinajstić information content (AvgIpc) is 3.41. The molecule has 2 aromatic heterocycles. The average molecular weight is 371 g/mol. The first-order valence-electron chi connectivity index (χ1n) is 8.99. The second-order valence-corrected chi connectivity index (χ2v) is 6.95. The predicted octanol–water partition coefficient (Wildman–Crippen LogP) is 3.25. The zero-order valence-electron chi connectivity index (χ0n) is 15.2. The van der Waals surface area contributed by atoms with Gasteiger partial charge in [-0.2, -0.15) is 0 Å². The van der Waals surface area contributed by atoms with E-state index in [0.717, 1.165) is 12.8 Å². The van der Waals surface area contributed by atoms with Crippen LogP contribution in [-0.2, 0) is 9.53 Å². The van der Waals surface area contributed by atoms with Crippen molar-refractivity contribution in [2.45, 2.75) is 38.8 Å². The van der Waals surface area contributed by atoms with Crippen LogP contribution in [0.3, 0.4) is 0 Å². The Balaban J connectivity index is 1.74. The molecule has 1 fully saturated rings. The Morgan fingerprint density at radius 2 is 1.93 bits per heavy atom. The molecule has 0 radical (unpaired) electrons. The number of aliphatic hydroxyl groups excluding tert-OH is 1. The Morgan fingerprint density at radius 3 is 2.52 bits per heavy atom. The lowest BCUT2D eigenvalue weighted by Gasteiger charge is -2.27. The lowest BCUT2D eigenvalue weighted by atomic mass is 9.99. The number of nitrogens with zero attached hydrogens (tertiary/aromatic N) is 1. The first kappa shape index (κ1) is 17.6. The van der Waals surface area contributed by atoms with E-state index in [-0.39, 0.29) is 24.0 Å². The van der Waals surface area contributed by atoms with Gasteiger partial charge in [0.05, 0.1) is 11.7 Å². The highest BCUT2D eigenvalue weighted by Gasteiger charge is 2.46. The van der Waals surface area contributed by atoms with Gasteiger partial charge in [-0.15, -0.1) is 0 Å². The van der Waals surface area contributed by atoms with Gasteiger partial charge in [-0.05, 0) is 51.0 Å². The number of furan rings is 2. The molecule has 0 bridgehead atoms. The quantitative estimate of drug-likeness (QED) is 0.811. The summed E-state index contributed by atoms with van der Waals surface area (Å²) in [6, 6.07) is 5.87. The van der Waals surface area contributed by atoms with Gasteiger partial charge in [0.1, 0.15) is 23.3 Å². The minimum Gasteiger partial charge on any atom is -0.503 e. The Kier molecular flexibility index (Phi) is 4.39. The van der Waals surface area contributed by atoms with Crippen LogP contribution in [0.4, 0.5) is 0 Å². The summed E-state index contributed by atoms with van der Waals surface area (Å²) in [7, 11) is 0. The van der Waals surface area contributed by atoms with E-state index in [0.29, 0.717) is 23.9 Å². The maximum Gasteiger partial charge on any atom is 0.290 e. The fourth-order valence-corrected chi connectivity index (χ4v) is 3.67. The molecule has 2 aromatic rings. The molecule has 0 spiro atoms. The molecular weight excluding hydrogens is 350 g/mol. The molecule has 4 rings (SSSR count). The molecule has 2 unspecified atom stereocenters. The minimum atomic E-state index is -0.812. The molecule has 2 aliphatic rings. The number of amides is 1. The topological polar surface area (TPSA) is 93.1 Å². The zero-order chi connectivity index (χ0) is 19.1. The van der Waals surface area contributed by atoms with E-state index >= 15 is 0 Å². The number of ketones is 1. The third kappa shape index (κ3) is 3.08. The van der Waals surface area contributed by atoms with E-state index in [9.17, 15) is 14.7 Å². The van der Waals surface area contributed by atoms with Crippen molar-refractivity contribution < 1.29 is 28.3 Å². The van der Waals surface area contributed by atoms with Gasteiger partial charge >= 0.3 is 0 Å². The Bertz CT molecular complexity index is 915. The molecule has 2 aliphatic heterocycles. The van der Waals surface area contributed by atoms with Crippen molar-refractivity contribution in [1.82, 2.24) is 4.90 Å². The Labute approximate surface area is 156 Å². The summed E-state index contributed by atoms with van der Waals surface area (Å²) in [6.07, 6.45) is 1.63. The predicted molar refractivity (Wildman–Crippen MR) is 94.3 cm³/mol. The molecule has 0 aromatic carbocycles. The summed E-state index contributed by atoms with van der Waals surface area (Å²) >= 11 is 0. The van der Waals surface area contributed by atoms with Crippen LogP contribution in [0, 0.1) is 13.8 Å². The molecule has 27 heavy (non-hydrogen) atoms. The molecular formula is C20H21NO6. The number of ether oxygens (including phenoxy) is 1. The van der Waals surface area contributed by atoms with E-state index < -0.39 is 23.5 Å². The van der Waals surface area contributed by atoms with Crippen LogP contribution in [0.25, 0.3) is 0 Å². The van der Waals surface area contributed by atoms with Crippen molar-refractivity contribution in [3.05, 3.63) is 58.6 Å². The van der Waals surface area contributed by atoms with E-state index in [4.69, 9.17) is 13.6 Å². The summed E-state index contributed by atoms with van der Waals surface area (Å²) in [5, 5.41) is 10.5. The lowest BCUT2D eigenvalue weighted by molar-refractivity contribution is -0.131. The Hall–Kier alpha value is -2.80. The smallest absolute Gasteiger partial charge is 0.290 e. The highest BCUT2D eigenvalue weighted by molar-refractivity contribution is 6.14. The van der Waals surface area contributed by atoms with Gasteiger partial charge in [-0.25, -0.2) is 0 Å². The summed E-state index contributed by atoms with van der Waals surface area (Å²) < 4.78 is 16.8. The highest BCUT2D eigenvalue weighted by atomic mass is 16.5. The van der Waals surface area contributed by atoms with Gasteiger partial charge in [0.2, 0.25) is 5.78 Å². The van der Waals surface area contributed by atoms with Crippen LogP contribution in [-0.4, -0.2) is 41.0 Å². The second kappa shape index (κ2) is 6.74. The Morgan fingerprint density at radius 1 is 1.19 bits per heavy atom. The van der Waals surface area contributed by atoms with Crippen LogP contribution in [0.2, 0.25) is 0 Å². The number of carbonyl (C=O) groups is 2. The van der Waals surface area contributed by atoms with Crippen LogP contribution in [0.5, 0.6) is 0 Å². The summed E-state index contributed by atoms with van der Waals surface area (Å²) in [4.78, 5) is 27.3. The molecule has 0 aliphatic carbocycles. The summed E-state index contributed by atoms with van der Waals surface area (Å²) in [5.74, 6) is 0.0414. The number of aliphatic hydroxyl groups is 1. The van der Waals surface area contributed by atoms with E-state index in [1.165, 1.54) is 11.0 Å². The fraction of sp³-hybridized carbons (Fsp3) is 0.400. The molecule has 7 heteroatoms. The van der Waals surface area contributed by atoms with Crippen molar-refractivity contribution in [3.8, 4) is 0 Å². The zero-order valence-corrected chi connectivity index (χ0v) is 15.2. The van der Waals surface area contributed by atoms with Gasteiger partial charge in [0, 0.05) is 13.2 Å². The SMILES string of the molecule is Cc1ccc(C(=O)C2=C(O)C(=O)N(CC3CCCO3)C2c2ccc(C)o2)o1. The van der Waals surface area contributed by atoms with Gasteiger partial charge in [0.15, 0.2) is 11.5 Å². The first-order valence-corrected chi connectivity index (χ1v) is 8.99. The molecule has 142 valence electrons. The van der Waals surface area contributed by atoms with Gasteiger partial charge in [-0.1, -0.05) is 0 Å². The van der Waals surface area contributed by atoms with Crippen molar-refractivity contribution in [3.63, 3.8) is 0 Å². The summed E-state index contributed by atoms with van der Waals surface area (Å²) in [5.41, 5.74) is -0.0262. The van der Waals surface area contributed by atoms with Crippen LogP contribution < -0.4 is 0 Å². The fourth-order valence-electron chi connectivity index (χ4n) is 3.67. The van der Waals surface area contributed by atoms with Crippen molar-refractivity contribution in [2.24, 2.45) is 0 Å². The number of Topliss-reactive ketones (excluding diaryl/α,β-unsaturated/α-hetero) is 1. The maximum atomic E-state index is 13.0. The third-order valence-electron chi connectivity index (χ3n) is 4.97. The van der Waals surface area contributed by atoms with Gasteiger partial charge < -0.3 is 23.6 Å². The molecule has 4 heterocycles. The second-order valence-electron chi connectivity index (χ2n) is 6.95. The van der Waals surface area contributed by atoms with Gasteiger partial charge in [0.25, 0.3) is 5.91 Å². The molecule has 1 N–H and O–H groups in total. The molecule has 0 saturated carbocycles. The molecule has 7 nitrogen and oxygen atoms in total. The lowest BCUT2D eigenvalue weighted by Crippen LogP contribution is -2.37. The number of hydrogen-bond acceptors (Lipinski definition) is 6. The van der Waals surface area contributed by atoms with Crippen molar-refractivity contribution in [2.75, 3.05) is 13.2 Å². The van der Waals surface area contributed by atoms with Crippen LogP contribution in [0.15, 0.2) is 44.4 Å². The van der Waals surface area contributed by atoms with Crippen molar-refractivity contribution >= 4 is 11.7 Å². The monoisotopic (exact) mass is 371 g/mol. The largest absolute Gasteiger partial charge is 0.503 e. The van der Waals surface area contributed by atoms with Crippen molar-refractivity contribution in [1.29, 1.82) is 0 Å². The van der Waals surface area contributed by atoms with E-state index in [1.54, 1.807) is 32.0 Å². The molecule has 1 saturated heterocycles. The van der Waals surface area contributed by atoms with E-state index in [1.807, 2.05) is 0 Å². The van der Waals surface area contributed by atoms with Gasteiger partial charge in [-0.3, -0.25) is 9.59 Å². The minimum absolute atomic E-state index is 0.0262. The highest BCUT2D eigenvalue weighted by Crippen LogP contribution is 2.40. The molecule has 1 amide bonds. The van der Waals surface area contributed by atoms with E-state index in [2.05, 4.69) is 0 Å². The number of hydrogen-bond donors (Lipinski definition) is 1. The van der Waals surface area contributed by atoms with Crippen LogP contribution >= 0.6 is 0 Å². The normalized spacial score (nSPS) is 22.9.